The zero-order valence-corrected chi connectivity index (χ0v) is 11.8. The van der Waals surface area contributed by atoms with E-state index >= 15 is 0 Å². The lowest BCUT2D eigenvalue weighted by atomic mass is 10.0. The van der Waals surface area contributed by atoms with Crippen molar-refractivity contribution in [1.82, 2.24) is 15.0 Å². The van der Waals surface area contributed by atoms with Gasteiger partial charge < -0.3 is 4.98 Å². The molecule has 1 aliphatic rings. The molecule has 0 aliphatic heterocycles. The standard InChI is InChI=1S/C17H15N3O/c1-10-15(19-16(11-4-5-11)20-17(10)21)13-6-7-14-12(9-13)3-2-8-18-14/h2-3,6-9,11H,4-5H2,1H3,(H,19,20,21). The molecule has 21 heavy (non-hydrogen) atoms. The van der Waals surface area contributed by atoms with Gasteiger partial charge in [0.2, 0.25) is 0 Å². The van der Waals surface area contributed by atoms with Crippen molar-refractivity contribution < 1.29 is 0 Å². The van der Waals surface area contributed by atoms with Crippen LogP contribution in [-0.4, -0.2) is 15.0 Å². The first-order valence-electron chi connectivity index (χ1n) is 7.18. The molecule has 0 saturated heterocycles. The summed E-state index contributed by atoms with van der Waals surface area (Å²) in [4.78, 5) is 24.0. The first kappa shape index (κ1) is 12.3. The SMILES string of the molecule is Cc1c(-c2ccc3ncccc3c2)nc(C2CC2)[nH]c1=O. The van der Waals surface area contributed by atoms with Crippen molar-refractivity contribution in [2.75, 3.05) is 0 Å². The lowest BCUT2D eigenvalue weighted by molar-refractivity contribution is 0.901. The maximum Gasteiger partial charge on any atom is 0.254 e. The largest absolute Gasteiger partial charge is 0.310 e. The summed E-state index contributed by atoms with van der Waals surface area (Å²) in [6.45, 7) is 1.82. The number of fused-ring (bicyclic) bond motifs is 1. The number of aromatic nitrogens is 3. The summed E-state index contributed by atoms with van der Waals surface area (Å²) in [7, 11) is 0. The monoisotopic (exact) mass is 277 g/mol. The second-order valence-electron chi connectivity index (χ2n) is 5.61. The molecule has 3 aromatic rings. The van der Waals surface area contributed by atoms with Crippen LogP contribution < -0.4 is 5.56 Å². The molecule has 0 spiro atoms. The number of pyridine rings is 1. The summed E-state index contributed by atoms with van der Waals surface area (Å²) in [5.74, 6) is 1.26. The van der Waals surface area contributed by atoms with E-state index in [1.54, 1.807) is 6.20 Å². The fraction of sp³-hybridized carbons (Fsp3) is 0.235. The third-order valence-corrected chi connectivity index (χ3v) is 4.01. The Morgan fingerprint density at radius 2 is 2.10 bits per heavy atom. The minimum atomic E-state index is -0.0341. The molecule has 4 heteroatoms. The second-order valence-corrected chi connectivity index (χ2v) is 5.61. The number of hydrogen-bond donors (Lipinski definition) is 1. The molecule has 0 bridgehead atoms. The summed E-state index contributed by atoms with van der Waals surface area (Å²) in [6, 6.07) is 9.95. The van der Waals surface area contributed by atoms with Crippen molar-refractivity contribution in [2.24, 2.45) is 0 Å². The average Bonchev–Trinajstić information content (AvgIpc) is 3.34. The predicted molar refractivity (Wildman–Crippen MR) is 82.3 cm³/mol. The Hall–Kier alpha value is -2.49. The van der Waals surface area contributed by atoms with E-state index in [4.69, 9.17) is 4.98 Å². The van der Waals surface area contributed by atoms with Gasteiger partial charge in [-0.3, -0.25) is 9.78 Å². The Labute approximate surface area is 121 Å². The van der Waals surface area contributed by atoms with Crippen LogP contribution in [0.2, 0.25) is 0 Å². The van der Waals surface area contributed by atoms with Crippen LogP contribution >= 0.6 is 0 Å². The molecule has 0 unspecified atom stereocenters. The first-order valence-corrected chi connectivity index (χ1v) is 7.18. The van der Waals surface area contributed by atoms with Gasteiger partial charge in [0.1, 0.15) is 5.82 Å². The van der Waals surface area contributed by atoms with Crippen LogP contribution in [-0.2, 0) is 0 Å². The molecule has 104 valence electrons. The minimum Gasteiger partial charge on any atom is -0.310 e. The molecule has 2 heterocycles. The molecule has 2 aromatic heterocycles. The third-order valence-electron chi connectivity index (χ3n) is 4.01. The highest BCUT2D eigenvalue weighted by atomic mass is 16.1. The second kappa shape index (κ2) is 4.52. The Morgan fingerprint density at radius 1 is 1.24 bits per heavy atom. The van der Waals surface area contributed by atoms with E-state index < -0.39 is 0 Å². The van der Waals surface area contributed by atoms with Crippen molar-refractivity contribution in [1.29, 1.82) is 0 Å². The van der Waals surface area contributed by atoms with E-state index in [0.717, 1.165) is 40.8 Å². The molecule has 1 saturated carbocycles. The molecule has 1 N–H and O–H groups in total. The van der Waals surface area contributed by atoms with Crippen molar-refractivity contribution in [3.63, 3.8) is 0 Å². The van der Waals surface area contributed by atoms with Crippen molar-refractivity contribution >= 4 is 10.9 Å². The fourth-order valence-corrected chi connectivity index (χ4v) is 2.60. The van der Waals surface area contributed by atoms with Gasteiger partial charge in [0.15, 0.2) is 0 Å². The quantitative estimate of drug-likeness (QED) is 0.782. The van der Waals surface area contributed by atoms with E-state index in [9.17, 15) is 4.79 Å². The normalized spacial score (nSPS) is 14.5. The Balaban J connectivity index is 1.92. The van der Waals surface area contributed by atoms with Crippen molar-refractivity contribution in [3.05, 3.63) is 58.3 Å². The van der Waals surface area contributed by atoms with Gasteiger partial charge >= 0.3 is 0 Å². The van der Waals surface area contributed by atoms with Crippen LogP contribution in [0.4, 0.5) is 0 Å². The molecule has 0 atom stereocenters. The highest BCUT2D eigenvalue weighted by molar-refractivity contribution is 5.84. The zero-order chi connectivity index (χ0) is 14.4. The summed E-state index contributed by atoms with van der Waals surface area (Å²) in [6.07, 6.45) is 4.02. The Kier molecular flexibility index (Phi) is 2.64. The van der Waals surface area contributed by atoms with Gasteiger partial charge in [-0.25, -0.2) is 4.98 Å². The topological polar surface area (TPSA) is 58.6 Å². The van der Waals surface area contributed by atoms with Crippen LogP contribution in [0, 0.1) is 6.92 Å². The summed E-state index contributed by atoms with van der Waals surface area (Å²) in [5.41, 5.74) is 3.34. The first-order chi connectivity index (χ1) is 10.2. The highest BCUT2D eigenvalue weighted by Crippen LogP contribution is 2.38. The lowest BCUT2D eigenvalue weighted by Gasteiger charge is -2.08. The number of nitrogens with one attached hydrogen (secondary N) is 1. The number of hydrogen-bond acceptors (Lipinski definition) is 3. The molecule has 0 radical (unpaired) electrons. The minimum absolute atomic E-state index is 0.0341. The molecule has 4 nitrogen and oxygen atoms in total. The number of nitrogens with zero attached hydrogens (tertiary/aromatic N) is 2. The van der Waals surface area contributed by atoms with Crippen LogP contribution in [0.1, 0.15) is 30.1 Å². The number of aromatic amines is 1. The van der Waals surface area contributed by atoms with Crippen LogP contribution in [0.25, 0.3) is 22.2 Å². The molecular weight excluding hydrogens is 262 g/mol. The van der Waals surface area contributed by atoms with Crippen LogP contribution in [0.15, 0.2) is 41.3 Å². The maximum absolute atomic E-state index is 12.1. The van der Waals surface area contributed by atoms with Gasteiger partial charge in [-0.2, -0.15) is 0 Å². The van der Waals surface area contributed by atoms with Crippen LogP contribution in [0.5, 0.6) is 0 Å². The number of H-pyrrole nitrogens is 1. The van der Waals surface area contributed by atoms with E-state index in [0.29, 0.717) is 11.5 Å². The van der Waals surface area contributed by atoms with Crippen molar-refractivity contribution in [3.8, 4) is 11.3 Å². The highest BCUT2D eigenvalue weighted by Gasteiger charge is 2.27. The van der Waals surface area contributed by atoms with Gasteiger partial charge in [-0.15, -0.1) is 0 Å². The number of rotatable bonds is 2. The van der Waals surface area contributed by atoms with Gasteiger partial charge in [-0.05, 0) is 38.0 Å². The molecule has 1 aliphatic carbocycles. The van der Waals surface area contributed by atoms with Gasteiger partial charge in [0.05, 0.1) is 11.2 Å². The summed E-state index contributed by atoms with van der Waals surface area (Å²) < 4.78 is 0. The van der Waals surface area contributed by atoms with Crippen LogP contribution in [0.3, 0.4) is 0 Å². The van der Waals surface area contributed by atoms with E-state index in [2.05, 4.69) is 9.97 Å². The molecule has 1 aromatic carbocycles. The fourth-order valence-electron chi connectivity index (χ4n) is 2.60. The molecule has 4 rings (SSSR count). The Bertz CT molecular complexity index is 894. The number of benzene rings is 1. The average molecular weight is 277 g/mol. The van der Waals surface area contributed by atoms with Gasteiger partial charge in [0.25, 0.3) is 5.56 Å². The maximum atomic E-state index is 12.1. The summed E-state index contributed by atoms with van der Waals surface area (Å²) in [5, 5.41) is 1.06. The van der Waals surface area contributed by atoms with E-state index in [-0.39, 0.29) is 5.56 Å². The Morgan fingerprint density at radius 3 is 2.90 bits per heavy atom. The van der Waals surface area contributed by atoms with Crippen molar-refractivity contribution in [2.45, 2.75) is 25.7 Å². The lowest BCUT2D eigenvalue weighted by Crippen LogP contribution is -2.15. The van der Waals surface area contributed by atoms with E-state index in [1.165, 1.54) is 0 Å². The third kappa shape index (κ3) is 2.13. The molecule has 1 fully saturated rings. The van der Waals surface area contributed by atoms with E-state index in [1.807, 2.05) is 37.3 Å². The zero-order valence-electron chi connectivity index (χ0n) is 11.8. The summed E-state index contributed by atoms with van der Waals surface area (Å²) >= 11 is 0. The molecular formula is C17H15N3O. The van der Waals surface area contributed by atoms with Gasteiger partial charge in [-0.1, -0.05) is 12.1 Å². The molecule has 0 amide bonds. The smallest absolute Gasteiger partial charge is 0.254 e. The van der Waals surface area contributed by atoms with Gasteiger partial charge in [0, 0.05) is 28.6 Å². The predicted octanol–water partition coefficient (Wildman–Crippen LogP) is 3.17.